The van der Waals surface area contributed by atoms with Crippen molar-refractivity contribution in [3.8, 4) is 11.4 Å². The summed E-state index contributed by atoms with van der Waals surface area (Å²) in [5.74, 6) is 1.66. The molecule has 0 bridgehead atoms. The van der Waals surface area contributed by atoms with Crippen LogP contribution in [0.3, 0.4) is 0 Å². The number of carbonyl (C=O) groups excluding carboxylic acids is 1. The maximum absolute atomic E-state index is 12.4. The quantitative estimate of drug-likeness (QED) is 0.527. The largest absolute Gasteiger partial charge is 0.337 e. The number of hydrogen-bond acceptors (Lipinski definition) is 4. The van der Waals surface area contributed by atoms with Crippen molar-refractivity contribution in [3.63, 3.8) is 0 Å². The minimum Gasteiger partial charge on any atom is -0.337 e. The van der Waals surface area contributed by atoms with E-state index in [1.54, 1.807) is 0 Å². The lowest BCUT2D eigenvalue weighted by molar-refractivity contribution is -0.129. The SMILES string of the molecule is CC(C)c1ccc(-c2noc(C3CCC(=O)N3Cc3cccc(Br)c3)n2)cc1. The number of amides is 1. The van der Waals surface area contributed by atoms with Gasteiger partial charge in [-0.25, -0.2) is 0 Å². The summed E-state index contributed by atoms with van der Waals surface area (Å²) in [4.78, 5) is 18.9. The van der Waals surface area contributed by atoms with E-state index in [0.717, 1.165) is 15.6 Å². The molecule has 2 aromatic carbocycles. The number of rotatable bonds is 5. The molecule has 0 aliphatic carbocycles. The molecule has 6 heteroatoms. The lowest BCUT2D eigenvalue weighted by Gasteiger charge is -2.22. The van der Waals surface area contributed by atoms with E-state index >= 15 is 0 Å². The van der Waals surface area contributed by atoms with Crippen molar-refractivity contribution >= 4 is 21.8 Å². The Morgan fingerprint density at radius 1 is 1.21 bits per heavy atom. The molecule has 1 unspecified atom stereocenters. The second kappa shape index (κ2) is 7.87. The van der Waals surface area contributed by atoms with Crippen molar-refractivity contribution < 1.29 is 9.32 Å². The lowest BCUT2D eigenvalue weighted by Crippen LogP contribution is -2.27. The van der Waals surface area contributed by atoms with Gasteiger partial charge in [0.05, 0.1) is 0 Å². The maximum atomic E-state index is 12.4. The van der Waals surface area contributed by atoms with Gasteiger partial charge in [-0.05, 0) is 35.6 Å². The van der Waals surface area contributed by atoms with Crippen LogP contribution < -0.4 is 0 Å². The first-order chi connectivity index (χ1) is 13.5. The van der Waals surface area contributed by atoms with E-state index in [2.05, 4.69) is 52.1 Å². The van der Waals surface area contributed by atoms with Gasteiger partial charge in [-0.2, -0.15) is 4.98 Å². The first-order valence-corrected chi connectivity index (χ1v) is 10.3. The predicted octanol–water partition coefficient (Wildman–Crippen LogP) is 5.49. The van der Waals surface area contributed by atoms with Gasteiger partial charge in [0, 0.05) is 23.0 Å². The topological polar surface area (TPSA) is 59.2 Å². The third kappa shape index (κ3) is 3.87. The van der Waals surface area contributed by atoms with Crippen LogP contribution in [0.1, 0.15) is 55.7 Å². The molecule has 4 rings (SSSR count). The molecule has 1 fully saturated rings. The van der Waals surface area contributed by atoms with Gasteiger partial charge in [0.2, 0.25) is 17.6 Å². The van der Waals surface area contributed by atoms with Gasteiger partial charge in [-0.15, -0.1) is 0 Å². The fourth-order valence-corrected chi connectivity index (χ4v) is 3.97. The minimum absolute atomic E-state index is 0.117. The fraction of sp³-hybridized carbons (Fsp3) is 0.318. The monoisotopic (exact) mass is 439 g/mol. The van der Waals surface area contributed by atoms with Crippen molar-refractivity contribution in [2.75, 3.05) is 0 Å². The van der Waals surface area contributed by atoms with Crippen LogP contribution in [-0.2, 0) is 11.3 Å². The molecule has 28 heavy (non-hydrogen) atoms. The maximum Gasteiger partial charge on any atom is 0.249 e. The Morgan fingerprint density at radius 3 is 2.71 bits per heavy atom. The summed E-state index contributed by atoms with van der Waals surface area (Å²) in [6.07, 6.45) is 1.19. The van der Waals surface area contributed by atoms with Crippen molar-refractivity contribution in [2.45, 2.75) is 45.2 Å². The Hall–Kier alpha value is -2.47. The van der Waals surface area contributed by atoms with Crippen LogP contribution in [0.15, 0.2) is 57.5 Å². The Balaban J connectivity index is 1.55. The van der Waals surface area contributed by atoms with E-state index in [1.165, 1.54) is 5.56 Å². The van der Waals surface area contributed by atoms with Gasteiger partial charge in [0.1, 0.15) is 6.04 Å². The molecule has 3 aromatic rings. The van der Waals surface area contributed by atoms with Gasteiger partial charge < -0.3 is 9.42 Å². The number of nitrogens with zero attached hydrogens (tertiary/aromatic N) is 3. The predicted molar refractivity (Wildman–Crippen MR) is 110 cm³/mol. The zero-order valence-corrected chi connectivity index (χ0v) is 17.5. The second-order valence-electron chi connectivity index (χ2n) is 7.44. The molecule has 1 atom stereocenters. The molecule has 0 saturated carbocycles. The molecule has 0 N–H and O–H groups in total. The summed E-state index contributed by atoms with van der Waals surface area (Å²) < 4.78 is 6.55. The first kappa shape index (κ1) is 18.9. The highest BCUT2D eigenvalue weighted by Crippen LogP contribution is 2.34. The van der Waals surface area contributed by atoms with Gasteiger partial charge in [-0.3, -0.25) is 4.79 Å². The van der Waals surface area contributed by atoms with Gasteiger partial charge in [0.15, 0.2) is 0 Å². The van der Waals surface area contributed by atoms with Crippen molar-refractivity contribution in [1.82, 2.24) is 15.0 Å². The summed E-state index contributed by atoms with van der Waals surface area (Å²) in [6.45, 7) is 4.86. The molecule has 1 aromatic heterocycles. The zero-order valence-electron chi connectivity index (χ0n) is 15.9. The Kier molecular flexibility index (Phi) is 5.31. The number of likely N-dealkylation sites (tertiary alicyclic amines) is 1. The number of hydrogen-bond donors (Lipinski definition) is 0. The Labute approximate surface area is 172 Å². The molecular weight excluding hydrogens is 418 g/mol. The molecule has 0 spiro atoms. The molecule has 1 aliphatic rings. The second-order valence-corrected chi connectivity index (χ2v) is 8.35. The summed E-state index contributed by atoms with van der Waals surface area (Å²) in [7, 11) is 0. The van der Waals surface area contributed by atoms with E-state index in [1.807, 2.05) is 41.3 Å². The molecule has 5 nitrogen and oxygen atoms in total. The first-order valence-electron chi connectivity index (χ1n) is 9.49. The zero-order chi connectivity index (χ0) is 19.7. The normalized spacial score (nSPS) is 16.9. The van der Waals surface area contributed by atoms with Crippen LogP contribution in [0.2, 0.25) is 0 Å². The average Bonchev–Trinajstić information content (AvgIpc) is 3.30. The Morgan fingerprint density at radius 2 is 2.00 bits per heavy atom. The summed E-state index contributed by atoms with van der Waals surface area (Å²) >= 11 is 3.49. The number of halogens is 1. The molecule has 1 saturated heterocycles. The molecule has 2 heterocycles. The summed E-state index contributed by atoms with van der Waals surface area (Å²) in [5, 5.41) is 4.15. The molecule has 1 amide bonds. The van der Waals surface area contributed by atoms with Crippen LogP contribution in [0.5, 0.6) is 0 Å². The van der Waals surface area contributed by atoms with E-state index in [4.69, 9.17) is 4.52 Å². The van der Waals surface area contributed by atoms with Gasteiger partial charge >= 0.3 is 0 Å². The van der Waals surface area contributed by atoms with Gasteiger partial charge in [-0.1, -0.05) is 71.3 Å². The van der Waals surface area contributed by atoms with Crippen LogP contribution >= 0.6 is 15.9 Å². The molecule has 1 aliphatic heterocycles. The van der Waals surface area contributed by atoms with Crippen LogP contribution in [-0.4, -0.2) is 20.9 Å². The summed E-state index contributed by atoms with van der Waals surface area (Å²) in [6, 6.07) is 16.0. The highest BCUT2D eigenvalue weighted by molar-refractivity contribution is 9.10. The highest BCUT2D eigenvalue weighted by atomic mass is 79.9. The number of aromatic nitrogens is 2. The van der Waals surface area contributed by atoms with Crippen LogP contribution in [0, 0.1) is 0 Å². The van der Waals surface area contributed by atoms with Crippen molar-refractivity contribution in [1.29, 1.82) is 0 Å². The van der Waals surface area contributed by atoms with E-state index in [9.17, 15) is 4.79 Å². The average molecular weight is 440 g/mol. The minimum atomic E-state index is -0.178. The van der Waals surface area contributed by atoms with E-state index in [0.29, 0.717) is 37.0 Å². The van der Waals surface area contributed by atoms with E-state index < -0.39 is 0 Å². The Bertz CT molecular complexity index is 981. The fourth-order valence-electron chi connectivity index (χ4n) is 3.53. The van der Waals surface area contributed by atoms with E-state index in [-0.39, 0.29) is 11.9 Å². The van der Waals surface area contributed by atoms with Crippen molar-refractivity contribution in [3.05, 3.63) is 70.0 Å². The van der Waals surface area contributed by atoms with Crippen LogP contribution in [0.4, 0.5) is 0 Å². The van der Waals surface area contributed by atoms with Crippen molar-refractivity contribution in [2.24, 2.45) is 0 Å². The molecule has 0 radical (unpaired) electrons. The molecule has 144 valence electrons. The third-order valence-corrected chi connectivity index (χ3v) is 5.63. The number of benzene rings is 2. The molecular formula is C22H22BrN3O2. The van der Waals surface area contributed by atoms with Crippen LogP contribution in [0.25, 0.3) is 11.4 Å². The standard InChI is InChI=1S/C22H22BrN3O2/c1-14(2)16-6-8-17(9-7-16)21-24-22(28-25-21)19-10-11-20(27)26(19)13-15-4-3-5-18(23)12-15/h3-9,12,14,19H,10-11,13H2,1-2H3. The summed E-state index contributed by atoms with van der Waals surface area (Å²) in [5.41, 5.74) is 3.26. The number of carbonyl (C=O) groups is 1. The highest BCUT2D eigenvalue weighted by Gasteiger charge is 2.36. The lowest BCUT2D eigenvalue weighted by atomic mass is 10.0. The van der Waals surface area contributed by atoms with Gasteiger partial charge in [0.25, 0.3) is 0 Å². The third-order valence-electron chi connectivity index (χ3n) is 5.13. The smallest absolute Gasteiger partial charge is 0.249 e.